The molecule has 10 heavy (non-hydrogen) atoms. The lowest BCUT2D eigenvalue weighted by Gasteiger charge is -1.97. The van der Waals surface area contributed by atoms with Gasteiger partial charge in [-0.2, -0.15) is 0 Å². The maximum Gasteiger partial charge on any atom is 0.232 e. The number of nitrogens with two attached hydrogens (primary N) is 1. The molecule has 0 aliphatic carbocycles. The lowest BCUT2D eigenvalue weighted by molar-refractivity contribution is 0.437. The lowest BCUT2D eigenvalue weighted by Crippen LogP contribution is -2.03. The smallest absolute Gasteiger partial charge is 0.232 e. The second-order valence-corrected chi connectivity index (χ2v) is 2.15. The van der Waals surface area contributed by atoms with Gasteiger partial charge in [-0.15, -0.1) is 5.10 Å². The van der Waals surface area contributed by atoms with Crippen molar-refractivity contribution in [2.24, 2.45) is 0 Å². The number of aryl methyl sites for hydroxylation is 1. The molecule has 0 aliphatic heterocycles. The van der Waals surface area contributed by atoms with E-state index in [4.69, 9.17) is 10.8 Å². The van der Waals surface area contributed by atoms with Gasteiger partial charge in [0.15, 0.2) is 0 Å². The van der Waals surface area contributed by atoms with Gasteiger partial charge in [-0.1, -0.05) is 6.92 Å². The van der Waals surface area contributed by atoms with E-state index in [2.05, 4.69) is 5.10 Å². The van der Waals surface area contributed by atoms with Crippen molar-refractivity contribution in [2.45, 2.75) is 19.9 Å². The molecule has 1 aromatic rings. The molecule has 1 aromatic heterocycles. The zero-order chi connectivity index (χ0) is 7.56. The molecule has 0 unspecified atom stereocenters. The van der Waals surface area contributed by atoms with Gasteiger partial charge in [0, 0.05) is 12.6 Å². The zero-order valence-corrected chi connectivity index (χ0v) is 5.91. The summed E-state index contributed by atoms with van der Waals surface area (Å²) in [5, 5.41) is 12.6. The third kappa shape index (κ3) is 1.21. The SMILES string of the molecule is CCCn1nc(O)cc1N. The molecule has 4 heteroatoms. The van der Waals surface area contributed by atoms with Gasteiger partial charge in [-0.3, -0.25) is 0 Å². The van der Waals surface area contributed by atoms with E-state index in [0.717, 1.165) is 13.0 Å². The lowest BCUT2D eigenvalue weighted by atomic mass is 10.5. The van der Waals surface area contributed by atoms with Gasteiger partial charge >= 0.3 is 0 Å². The fourth-order valence-corrected chi connectivity index (χ4v) is 0.808. The first-order valence-corrected chi connectivity index (χ1v) is 3.26. The van der Waals surface area contributed by atoms with Crippen molar-refractivity contribution in [1.29, 1.82) is 0 Å². The number of hydrogen-bond acceptors (Lipinski definition) is 3. The summed E-state index contributed by atoms with van der Waals surface area (Å²) >= 11 is 0. The Morgan fingerprint density at radius 1 is 1.80 bits per heavy atom. The highest BCUT2D eigenvalue weighted by Crippen LogP contribution is 2.11. The molecule has 56 valence electrons. The minimum Gasteiger partial charge on any atom is -0.492 e. The predicted octanol–water partition coefficient (Wildman–Crippen LogP) is 0.581. The van der Waals surface area contributed by atoms with Crippen molar-refractivity contribution in [3.05, 3.63) is 6.07 Å². The van der Waals surface area contributed by atoms with Crippen LogP contribution in [0.15, 0.2) is 6.07 Å². The maximum atomic E-state index is 8.85. The molecule has 0 atom stereocenters. The summed E-state index contributed by atoms with van der Waals surface area (Å²) in [4.78, 5) is 0. The van der Waals surface area contributed by atoms with E-state index in [1.807, 2.05) is 6.92 Å². The summed E-state index contributed by atoms with van der Waals surface area (Å²) in [6, 6.07) is 1.44. The number of nitrogens with zero attached hydrogens (tertiary/aromatic N) is 2. The van der Waals surface area contributed by atoms with Gasteiger partial charge in [0.1, 0.15) is 5.82 Å². The maximum absolute atomic E-state index is 8.85. The van der Waals surface area contributed by atoms with Gasteiger partial charge in [-0.25, -0.2) is 4.68 Å². The second kappa shape index (κ2) is 2.60. The van der Waals surface area contributed by atoms with Gasteiger partial charge in [0.25, 0.3) is 0 Å². The Bertz CT molecular complexity index is 219. The third-order valence-corrected chi connectivity index (χ3v) is 1.23. The molecular weight excluding hydrogens is 130 g/mol. The summed E-state index contributed by atoms with van der Waals surface area (Å²) in [6.07, 6.45) is 0.964. The molecule has 0 amide bonds. The van der Waals surface area contributed by atoms with Crippen molar-refractivity contribution in [3.63, 3.8) is 0 Å². The Labute approximate surface area is 59.3 Å². The molecule has 1 heterocycles. The summed E-state index contributed by atoms with van der Waals surface area (Å²) < 4.78 is 1.58. The van der Waals surface area contributed by atoms with Crippen LogP contribution in [0.25, 0.3) is 0 Å². The molecule has 0 bridgehead atoms. The van der Waals surface area contributed by atoms with E-state index in [-0.39, 0.29) is 5.88 Å². The highest BCUT2D eigenvalue weighted by atomic mass is 16.3. The molecule has 1 rings (SSSR count). The van der Waals surface area contributed by atoms with Crippen LogP contribution >= 0.6 is 0 Å². The number of nitrogen functional groups attached to an aromatic ring is 1. The van der Waals surface area contributed by atoms with Crippen molar-refractivity contribution in [2.75, 3.05) is 5.73 Å². The molecule has 0 aliphatic rings. The van der Waals surface area contributed by atoms with Crippen LogP contribution in [0.4, 0.5) is 5.82 Å². The van der Waals surface area contributed by atoms with Crippen molar-refractivity contribution < 1.29 is 5.11 Å². The Morgan fingerprint density at radius 2 is 2.50 bits per heavy atom. The van der Waals surface area contributed by atoms with Gasteiger partial charge < -0.3 is 10.8 Å². The van der Waals surface area contributed by atoms with Crippen LogP contribution in [-0.4, -0.2) is 14.9 Å². The van der Waals surface area contributed by atoms with E-state index in [9.17, 15) is 0 Å². The topological polar surface area (TPSA) is 64.1 Å². The van der Waals surface area contributed by atoms with E-state index in [1.54, 1.807) is 4.68 Å². The fraction of sp³-hybridized carbons (Fsp3) is 0.500. The summed E-state index contributed by atoms with van der Waals surface area (Å²) in [7, 11) is 0. The van der Waals surface area contributed by atoms with E-state index >= 15 is 0 Å². The van der Waals surface area contributed by atoms with Crippen LogP contribution in [0, 0.1) is 0 Å². The number of anilines is 1. The number of aromatic nitrogens is 2. The highest BCUT2D eigenvalue weighted by molar-refractivity contribution is 5.32. The Balaban J connectivity index is 2.81. The Kier molecular flexibility index (Phi) is 1.80. The van der Waals surface area contributed by atoms with Crippen molar-refractivity contribution >= 4 is 5.82 Å². The summed E-state index contributed by atoms with van der Waals surface area (Å²) in [6.45, 7) is 2.78. The molecule has 0 saturated carbocycles. The molecule has 4 nitrogen and oxygen atoms in total. The standard InChI is InChI=1S/C6H11N3O/c1-2-3-9-5(7)4-6(10)8-9/h4H,2-3,7H2,1H3,(H,8,10). The van der Waals surface area contributed by atoms with Crippen LogP contribution < -0.4 is 5.73 Å². The van der Waals surface area contributed by atoms with Crippen LogP contribution in [0.2, 0.25) is 0 Å². The first kappa shape index (κ1) is 6.92. The van der Waals surface area contributed by atoms with Crippen LogP contribution in [0.5, 0.6) is 5.88 Å². The number of hydrogen-bond donors (Lipinski definition) is 2. The highest BCUT2D eigenvalue weighted by Gasteiger charge is 2.00. The second-order valence-electron chi connectivity index (χ2n) is 2.15. The monoisotopic (exact) mass is 141 g/mol. The molecule has 0 aromatic carbocycles. The zero-order valence-electron chi connectivity index (χ0n) is 5.91. The number of rotatable bonds is 2. The van der Waals surface area contributed by atoms with Gasteiger partial charge in [0.05, 0.1) is 0 Å². The molecule has 0 fully saturated rings. The average molecular weight is 141 g/mol. The van der Waals surface area contributed by atoms with Crippen LogP contribution in [0.3, 0.4) is 0 Å². The number of aromatic hydroxyl groups is 1. The van der Waals surface area contributed by atoms with Crippen LogP contribution in [0.1, 0.15) is 13.3 Å². The van der Waals surface area contributed by atoms with Crippen molar-refractivity contribution in [1.82, 2.24) is 9.78 Å². The molecular formula is C6H11N3O. The van der Waals surface area contributed by atoms with Crippen molar-refractivity contribution in [3.8, 4) is 5.88 Å². The first-order valence-electron chi connectivity index (χ1n) is 3.26. The molecule has 0 radical (unpaired) electrons. The Hall–Kier alpha value is -1.19. The average Bonchev–Trinajstić information content (AvgIpc) is 2.13. The first-order chi connectivity index (χ1) is 4.74. The molecule has 0 saturated heterocycles. The van der Waals surface area contributed by atoms with E-state index < -0.39 is 0 Å². The Morgan fingerprint density at radius 3 is 2.90 bits per heavy atom. The fourth-order valence-electron chi connectivity index (χ4n) is 0.808. The third-order valence-electron chi connectivity index (χ3n) is 1.23. The van der Waals surface area contributed by atoms with Gasteiger partial charge in [-0.05, 0) is 6.42 Å². The molecule has 0 spiro atoms. The molecule has 3 N–H and O–H groups in total. The summed E-state index contributed by atoms with van der Waals surface area (Å²) in [5.74, 6) is 0.505. The minimum atomic E-state index is -0.00838. The minimum absolute atomic E-state index is 0.00838. The largest absolute Gasteiger partial charge is 0.492 e. The van der Waals surface area contributed by atoms with E-state index in [1.165, 1.54) is 6.07 Å². The summed E-state index contributed by atoms with van der Waals surface area (Å²) in [5.41, 5.74) is 5.47. The van der Waals surface area contributed by atoms with Crippen LogP contribution in [-0.2, 0) is 6.54 Å². The van der Waals surface area contributed by atoms with Gasteiger partial charge in [0.2, 0.25) is 5.88 Å². The van der Waals surface area contributed by atoms with E-state index in [0.29, 0.717) is 5.82 Å². The normalized spacial score (nSPS) is 10.1. The quantitative estimate of drug-likeness (QED) is 0.633. The predicted molar refractivity (Wildman–Crippen MR) is 38.6 cm³/mol.